The standard InChI is InChI=1S/C28H30ClN7O2/c1-4-6-20(37)16-38-21-8-9-23(29)22(11-21)27-34-25(26(32-3)19(12-30)13-31)17(2)28(35-27)36-14-18-7-5-10-33-24(18)15-36/h5,7-12,20,37H,4,6,14-16,30H2,1-3H3/t20-/m1/s1. The number of ether oxygens (including phenoxy) is 1. The molecule has 0 saturated carbocycles. The number of aliphatic hydroxyl groups excluding tert-OH is 1. The molecular formula is C28H30ClN7O2. The van der Waals surface area contributed by atoms with Crippen molar-refractivity contribution in [2.75, 3.05) is 18.6 Å². The van der Waals surface area contributed by atoms with Crippen LogP contribution in [0, 0.1) is 18.3 Å². The molecule has 2 aromatic heterocycles. The Morgan fingerprint density at radius 3 is 2.84 bits per heavy atom. The molecule has 1 aliphatic heterocycles. The molecule has 10 heteroatoms. The van der Waals surface area contributed by atoms with Crippen LogP contribution < -0.4 is 15.4 Å². The predicted molar refractivity (Wildman–Crippen MR) is 148 cm³/mol. The molecular weight excluding hydrogens is 502 g/mol. The van der Waals surface area contributed by atoms with Gasteiger partial charge in [0.2, 0.25) is 0 Å². The van der Waals surface area contributed by atoms with Crippen molar-refractivity contribution in [2.45, 2.75) is 45.9 Å². The lowest BCUT2D eigenvalue weighted by Crippen LogP contribution is -2.21. The van der Waals surface area contributed by atoms with Crippen LogP contribution in [0.1, 0.15) is 42.3 Å². The number of allylic oxidation sites excluding steroid dienone is 1. The third kappa shape index (κ3) is 5.62. The molecule has 3 heterocycles. The second-order valence-electron chi connectivity index (χ2n) is 8.97. The Bertz CT molecular complexity index is 1410. The van der Waals surface area contributed by atoms with Crippen molar-refractivity contribution >= 4 is 23.1 Å². The van der Waals surface area contributed by atoms with Gasteiger partial charge in [0.05, 0.1) is 34.6 Å². The number of rotatable bonds is 9. The van der Waals surface area contributed by atoms with E-state index in [-0.39, 0.29) is 12.2 Å². The number of aliphatic imine (C=N–C) groups is 1. The molecule has 0 saturated heterocycles. The van der Waals surface area contributed by atoms with E-state index in [4.69, 9.17) is 32.0 Å². The SMILES string of the molecule is CCC[C@@H](O)COc1ccc(Cl)c(-c2nc(C(=NC)C(C#N)=CN)c(C)c(N3Cc4cccnc4C3)n2)c1. The molecule has 0 bridgehead atoms. The average Bonchev–Trinajstić information content (AvgIpc) is 3.36. The minimum Gasteiger partial charge on any atom is -0.491 e. The molecule has 4 rings (SSSR count). The van der Waals surface area contributed by atoms with Crippen LogP contribution in [0.3, 0.4) is 0 Å². The summed E-state index contributed by atoms with van der Waals surface area (Å²) < 4.78 is 5.83. The Morgan fingerprint density at radius 2 is 2.16 bits per heavy atom. The summed E-state index contributed by atoms with van der Waals surface area (Å²) in [5.41, 5.74) is 10.2. The van der Waals surface area contributed by atoms with Crippen molar-refractivity contribution < 1.29 is 9.84 Å². The molecule has 196 valence electrons. The number of hydrogen-bond acceptors (Lipinski definition) is 9. The quantitative estimate of drug-likeness (QED) is 0.307. The Balaban J connectivity index is 1.83. The third-order valence-electron chi connectivity index (χ3n) is 6.34. The lowest BCUT2D eigenvalue weighted by Gasteiger charge is -2.22. The summed E-state index contributed by atoms with van der Waals surface area (Å²) in [6.07, 6.45) is 3.95. The van der Waals surface area contributed by atoms with E-state index >= 15 is 0 Å². The van der Waals surface area contributed by atoms with E-state index in [9.17, 15) is 10.4 Å². The first-order chi connectivity index (χ1) is 18.4. The van der Waals surface area contributed by atoms with Gasteiger partial charge in [-0.25, -0.2) is 9.97 Å². The topological polar surface area (TPSA) is 134 Å². The van der Waals surface area contributed by atoms with E-state index < -0.39 is 6.10 Å². The van der Waals surface area contributed by atoms with Gasteiger partial charge >= 0.3 is 0 Å². The fraction of sp³-hybridized carbons (Fsp3) is 0.321. The number of halogens is 1. The van der Waals surface area contributed by atoms with Crippen LogP contribution in [0.5, 0.6) is 5.75 Å². The Labute approximate surface area is 227 Å². The molecule has 3 N–H and O–H groups in total. The van der Waals surface area contributed by atoms with E-state index in [0.29, 0.717) is 58.9 Å². The summed E-state index contributed by atoms with van der Waals surface area (Å²) >= 11 is 6.63. The van der Waals surface area contributed by atoms with Crippen LogP contribution in [0.2, 0.25) is 5.02 Å². The van der Waals surface area contributed by atoms with Gasteiger partial charge in [-0.1, -0.05) is 31.0 Å². The van der Waals surface area contributed by atoms with Gasteiger partial charge in [-0.05, 0) is 43.2 Å². The highest BCUT2D eigenvalue weighted by Gasteiger charge is 2.27. The summed E-state index contributed by atoms with van der Waals surface area (Å²) in [6.45, 7) is 5.28. The van der Waals surface area contributed by atoms with Gasteiger partial charge in [0.1, 0.15) is 30.0 Å². The number of nitrogens with zero attached hydrogens (tertiary/aromatic N) is 6. The highest BCUT2D eigenvalue weighted by molar-refractivity contribution is 6.33. The molecule has 38 heavy (non-hydrogen) atoms. The number of fused-ring (bicyclic) bond motifs is 1. The zero-order valence-electron chi connectivity index (χ0n) is 21.6. The van der Waals surface area contributed by atoms with Crippen molar-refractivity contribution in [2.24, 2.45) is 10.7 Å². The number of pyridine rings is 1. The monoisotopic (exact) mass is 531 g/mol. The molecule has 0 fully saturated rings. The van der Waals surface area contributed by atoms with Crippen LogP contribution in [0.25, 0.3) is 11.4 Å². The van der Waals surface area contributed by atoms with E-state index in [1.807, 2.05) is 19.9 Å². The summed E-state index contributed by atoms with van der Waals surface area (Å²) in [4.78, 5) is 20.7. The summed E-state index contributed by atoms with van der Waals surface area (Å²) in [5, 5.41) is 20.2. The first-order valence-electron chi connectivity index (χ1n) is 12.4. The predicted octanol–water partition coefficient (Wildman–Crippen LogP) is 4.35. The van der Waals surface area contributed by atoms with Crippen molar-refractivity contribution in [1.82, 2.24) is 15.0 Å². The van der Waals surface area contributed by atoms with Crippen LogP contribution in [0.4, 0.5) is 5.82 Å². The van der Waals surface area contributed by atoms with E-state index in [1.54, 1.807) is 31.4 Å². The lowest BCUT2D eigenvalue weighted by atomic mass is 10.0. The molecule has 0 aliphatic carbocycles. The molecule has 0 amide bonds. The molecule has 1 atom stereocenters. The van der Waals surface area contributed by atoms with E-state index in [2.05, 4.69) is 27.0 Å². The van der Waals surface area contributed by atoms with Crippen LogP contribution in [0.15, 0.2) is 53.3 Å². The van der Waals surface area contributed by atoms with Gasteiger partial charge < -0.3 is 20.5 Å². The number of anilines is 1. The van der Waals surface area contributed by atoms with Gasteiger partial charge in [0.25, 0.3) is 0 Å². The zero-order chi connectivity index (χ0) is 27.2. The van der Waals surface area contributed by atoms with E-state index in [0.717, 1.165) is 23.2 Å². The van der Waals surface area contributed by atoms with Crippen molar-refractivity contribution in [3.63, 3.8) is 0 Å². The largest absolute Gasteiger partial charge is 0.491 e. The number of aliphatic hydroxyl groups is 1. The lowest BCUT2D eigenvalue weighted by molar-refractivity contribution is 0.0994. The van der Waals surface area contributed by atoms with Crippen molar-refractivity contribution in [3.8, 4) is 23.2 Å². The summed E-state index contributed by atoms with van der Waals surface area (Å²) in [7, 11) is 1.59. The first kappa shape index (κ1) is 27.0. The van der Waals surface area contributed by atoms with Crippen molar-refractivity contribution in [3.05, 3.63) is 75.8 Å². The maximum absolute atomic E-state index is 10.1. The van der Waals surface area contributed by atoms with Gasteiger partial charge in [0.15, 0.2) is 5.82 Å². The fourth-order valence-electron chi connectivity index (χ4n) is 4.41. The first-order valence-corrected chi connectivity index (χ1v) is 12.7. The second kappa shape index (κ2) is 12.0. The Hall–Kier alpha value is -4.00. The second-order valence-corrected chi connectivity index (χ2v) is 9.38. The molecule has 0 radical (unpaired) electrons. The molecule has 3 aromatic rings. The highest BCUT2D eigenvalue weighted by atomic mass is 35.5. The maximum atomic E-state index is 10.1. The molecule has 9 nitrogen and oxygen atoms in total. The van der Waals surface area contributed by atoms with Gasteiger partial charge in [0, 0.05) is 37.1 Å². The van der Waals surface area contributed by atoms with E-state index in [1.165, 1.54) is 6.20 Å². The van der Waals surface area contributed by atoms with Gasteiger partial charge in [-0.2, -0.15) is 5.26 Å². The number of aromatic nitrogens is 3. The van der Waals surface area contributed by atoms with Crippen LogP contribution >= 0.6 is 11.6 Å². The highest BCUT2D eigenvalue weighted by Crippen LogP contribution is 2.35. The van der Waals surface area contributed by atoms with Gasteiger partial charge in [-0.3, -0.25) is 9.98 Å². The molecule has 1 aromatic carbocycles. The van der Waals surface area contributed by atoms with Crippen LogP contribution in [-0.4, -0.2) is 45.5 Å². The minimum atomic E-state index is -0.561. The Morgan fingerprint density at radius 1 is 1.34 bits per heavy atom. The number of nitrogens with two attached hydrogens (primary N) is 1. The molecule has 0 unspecified atom stereocenters. The molecule has 1 aliphatic rings. The maximum Gasteiger partial charge on any atom is 0.163 e. The number of benzene rings is 1. The minimum absolute atomic E-state index is 0.165. The number of hydrogen-bond donors (Lipinski definition) is 2. The fourth-order valence-corrected chi connectivity index (χ4v) is 4.61. The smallest absolute Gasteiger partial charge is 0.163 e. The number of nitriles is 1. The van der Waals surface area contributed by atoms with Crippen molar-refractivity contribution in [1.29, 1.82) is 5.26 Å². The van der Waals surface area contributed by atoms with Gasteiger partial charge in [-0.15, -0.1) is 0 Å². The third-order valence-corrected chi connectivity index (χ3v) is 6.67. The summed E-state index contributed by atoms with van der Waals surface area (Å²) in [6, 6.07) is 11.3. The average molecular weight is 532 g/mol. The zero-order valence-corrected chi connectivity index (χ0v) is 22.4. The summed E-state index contributed by atoms with van der Waals surface area (Å²) in [5.74, 6) is 1.57. The van der Waals surface area contributed by atoms with Crippen LogP contribution in [-0.2, 0) is 13.1 Å². The normalized spacial score (nSPS) is 14.3. The molecule has 0 spiro atoms. The Kier molecular flexibility index (Phi) is 8.56.